The number of carbonyl (C=O) groups excluding carboxylic acids is 1. The number of rotatable bonds is 4. The van der Waals surface area contributed by atoms with Crippen molar-refractivity contribution in [1.29, 1.82) is 0 Å². The molecule has 0 atom stereocenters. The van der Waals surface area contributed by atoms with Gasteiger partial charge in [0.2, 0.25) is 5.91 Å². The summed E-state index contributed by atoms with van der Waals surface area (Å²) in [4.78, 5) is 12.2. The Balaban J connectivity index is 1.94. The van der Waals surface area contributed by atoms with Crippen LogP contribution in [0.3, 0.4) is 0 Å². The first-order chi connectivity index (χ1) is 9.95. The van der Waals surface area contributed by atoms with E-state index in [0.29, 0.717) is 16.1 Å². The fourth-order valence-corrected chi connectivity index (χ4v) is 2.39. The molecule has 0 unspecified atom stereocenters. The van der Waals surface area contributed by atoms with E-state index >= 15 is 0 Å². The highest BCUT2D eigenvalue weighted by Gasteiger charge is 2.08. The number of carbonyl (C=O) groups is 1. The maximum absolute atomic E-state index is 13.0. The van der Waals surface area contributed by atoms with Gasteiger partial charge in [-0.15, -0.1) is 11.8 Å². The van der Waals surface area contributed by atoms with Crippen LogP contribution in [0, 0.1) is 24.4 Å². The van der Waals surface area contributed by atoms with Gasteiger partial charge in [0.1, 0.15) is 5.82 Å². The quantitative estimate of drug-likeness (QED) is 0.860. The maximum atomic E-state index is 13.0. The van der Waals surface area contributed by atoms with Crippen molar-refractivity contribution >= 4 is 23.4 Å². The Morgan fingerprint density at radius 1 is 1.10 bits per heavy atom. The number of hydrogen-bond acceptors (Lipinski definition) is 2. The molecule has 0 aliphatic carbocycles. The minimum Gasteiger partial charge on any atom is -0.325 e. The molecule has 2 aromatic rings. The molecule has 0 aromatic heterocycles. The van der Waals surface area contributed by atoms with E-state index in [2.05, 4.69) is 5.32 Å². The Morgan fingerprint density at radius 2 is 1.86 bits per heavy atom. The van der Waals surface area contributed by atoms with Gasteiger partial charge in [-0.25, -0.2) is 13.2 Å². The van der Waals surface area contributed by atoms with Crippen molar-refractivity contribution < 1.29 is 18.0 Å². The largest absolute Gasteiger partial charge is 0.325 e. The molecule has 2 aromatic carbocycles. The minimum atomic E-state index is -0.949. The Morgan fingerprint density at radius 3 is 2.52 bits per heavy atom. The molecule has 110 valence electrons. The summed E-state index contributed by atoms with van der Waals surface area (Å²) < 4.78 is 38.7. The SMILES string of the molecule is Cc1cc(F)ccc1NC(=O)CSc1ccc(F)c(F)c1. The lowest BCUT2D eigenvalue weighted by Crippen LogP contribution is -2.14. The molecule has 0 saturated heterocycles. The molecule has 0 saturated carbocycles. The van der Waals surface area contributed by atoms with Crippen LogP contribution < -0.4 is 5.32 Å². The van der Waals surface area contributed by atoms with Crippen molar-refractivity contribution in [3.63, 3.8) is 0 Å². The molecule has 0 heterocycles. The number of halogens is 3. The highest BCUT2D eigenvalue weighted by atomic mass is 32.2. The van der Waals surface area contributed by atoms with E-state index in [1.807, 2.05) is 0 Å². The molecular formula is C15H12F3NOS. The van der Waals surface area contributed by atoms with Gasteiger partial charge in [-0.1, -0.05) is 0 Å². The Labute approximate surface area is 124 Å². The van der Waals surface area contributed by atoms with Crippen LogP contribution in [0.2, 0.25) is 0 Å². The van der Waals surface area contributed by atoms with Crippen molar-refractivity contribution in [2.75, 3.05) is 11.1 Å². The smallest absolute Gasteiger partial charge is 0.234 e. The van der Waals surface area contributed by atoms with E-state index in [0.717, 1.165) is 23.9 Å². The van der Waals surface area contributed by atoms with Gasteiger partial charge in [0, 0.05) is 10.6 Å². The normalized spacial score (nSPS) is 10.5. The molecule has 0 aliphatic heterocycles. The van der Waals surface area contributed by atoms with Gasteiger partial charge in [-0.05, 0) is 48.9 Å². The number of anilines is 1. The summed E-state index contributed by atoms with van der Waals surface area (Å²) in [5.41, 5.74) is 1.13. The zero-order chi connectivity index (χ0) is 15.4. The topological polar surface area (TPSA) is 29.1 Å². The van der Waals surface area contributed by atoms with E-state index in [9.17, 15) is 18.0 Å². The zero-order valence-electron chi connectivity index (χ0n) is 11.1. The highest BCUT2D eigenvalue weighted by Crippen LogP contribution is 2.21. The van der Waals surface area contributed by atoms with Crippen molar-refractivity contribution in [3.8, 4) is 0 Å². The van der Waals surface area contributed by atoms with E-state index in [1.54, 1.807) is 6.92 Å². The summed E-state index contributed by atoms with van der Waals surface area (Å²) in [5, 5.41) is 2.64. The van der Waals surface area contributed by atoms with Gasteiger partial charge < -0.3 is 5.32 Å². The Bertz CT molecular complexity index is 676. The molecule has 0 bridgehead atoms. The second kappa shape index (κ2) is 6.67. The molecule has 0 radical (unpaired) electrons. The molecule has 1 amide bonds. The van der Waals surface area contributed by atoms with E-state index < -0.39 is 11.6 Å². The van der Waals surface area contributed by atoms with Gasteiger partial charge in [-0.3, -0.25) is 4.79 Å². The third-order valence-corrected chi connectivity index (χ3v) is 3.72. The average Bonchev–Trinajstić information content (AvgIpc) is 2.43. The lowest BCUT2D eigenvalue weighted by Gasteiger charge is -2.08. The molecule has 0 fully saturated rings. The predicted octanol–water partition coefficient (Wildman–Crippen LogP) is 4.14. The first-order valence-electron chi connectivity index (χ1n) is 6.09. The highest BCUT2D eigenvalue weighted by molar-refractivity contribution is 8.00. The van der Waals surface area contributed by atoms with Crippen LogP contribution >= 0.6 is 11.8 Å². The molecule has 6 heteroatoms. The predicted molar refractivity (Wildman–Crippen MR) is 76.8 cm³/mol. The maximum Gasteiger partial charge on any atom is 0.234 e. The summed E-state index contributed by atoms with van der Waals surface area (Å²) in [5.74, 6) is -2.51. The molecule has 2 rings (SSSR count). The minimum absolute atomic E-state index is 0.0435. The monoisotopic (exact) mass is 311 g/mol. The van der Waals surface area contributed by atoms with Crippen molar-refractivity contribution in [1.82, 2.24) is 0 Å². The summed E-state index contributed by atoms with van der Waals surface area (Å²) >= 11 is 1.09. The van der Waals surface area contributed by atoms with Gasteiger partial charge in [0.05, 0.1) is 5.75 Å². The fourth-order valence-electron chi connectivity index (χ4n) is 1.67. The molecule has 0 aliphatic rings. The van der Waals surface area contributed by atoms with E-state index in [-0.39, 0.29) is 17.5 Å². The van der Waals surface area contributed by atoms with Crippen molar-refractivity contribution in [2.24, 2.45) is 0 Å². The third-order valence-electron chi connectivity index (χ3n) is 2.72. The van der Waals surface area contributed by atoms with E-state index in [1.165, 1.54) is 24.3 Å². The molecular weight excluding hydrogens is 299 g/mol. The van der Waals surface area contributed by atoms with Crippen LogP contribution in [0.4, 0.5) is 18.9 Å². The van der Waals surface area contributed by atoms with Gasteiger partial charge in [-0.2, -0.15) is 0 Å². The fraction of sp³-hybridized carbons (Fsp3) is 0.133. The van der Waals surface area contributed by atoms with Gasteiger partial charge in [0.25, 0.3) is 0 Å². The summed E-state index contributed by atoms with van der Waals surface area (Å²) in [6.07, 6.45) is 0. The standard InChI is InChI=1S/C15H12F3NOS/c1-9-6-10(16)2-5-14(9)19-15(20)8-21-11-3-4-12(17)13(18)7-11/h2-7H,8H2,1H3,(H,19,20). The van der Waals surface area contributed by atoms with Crippen LogP contribution in [0.25, 0.3) is 0 Å². The zero-order valence-corrected chi connectivity index (χ0v) is 11.9. The number of hydrogen-bond donors (Lipinski definition) is 1. The Kier molecular flexibility index (Phi) is 4.90. The number of aryl methyl sites for hydroxylation is 1. The molecule has 1 N–H and O–H groups in total. The molecule has 21 heavy (non-hydrogen) atoms. The molecule has 2 nitrogen and oxygen atoms in total. The van der Waals surface area contributed by atoms with Crippen LogP contribution in [-0.2, 0) is 4.79 Å². The van der Waals surface area contributed by atoms with Gasteiger partial charge >= 0.3 is 0 Å². The average molecular weight is 311 g/mol. The van der Waals surface area contributed by atoms with Crippen LogP contribution in [-0.4, -0.2) is 11.7 Å². The number of amides is 1. The third kappa shape index (κ3) is 4.26. The second-order valence-corrected chi connectivity index (χ2v) is 5.42. The molecule has 0 spiro atoms. The van der Waals surface area contributed by atoms with Crippen molar-refractivity contribution in [2.45, 2.75) is 11.8 Å². The van der Waals surface area contributed by atoms with Crippen molar-refractivity contribution in [3.05, 3.63) is 59.4 Å². The summed E-state index contributed by atoms with van der Waals surface area (Å²) in [7, 11) is 0. The summed E-state index contributed by atoms with van der Waals surface area (Å²) in [6.45, 7) is 1.68. The first-order valence-corrected chi connectivity index (χ1v) is 7.08. The van der Waals surface area contributed by atoms with Crippen LogP contribution in [0.1, 0.15) is 5.56 Å². The number of nitrogens with one attached hydrogen (secondary N) is 1. The lowest BCUT2D eigenvalue weighted by molar-refractivity contribution is -0.113. The number of thioether (sulfide) groups is 1. The first kappa shape index (κ1) is 15.4. The Hall–Kier alpha value is -1.95. The van der Waals surface area contributed by atoms with Crippen LogP contribution in [0.15, 0.2) is 41.3 Å². The lowest BCUT2D eigenvalue weighted by atomic mass is 10.2. The second-order valence-electron chi connectivity index (χ2n) is 4.37. The van der Waals surface area contributed by atoms with Gasteiger partial charge in [0.15, 0.2) is 11.6 Å². The van der Waals surface area contributed by atoms with Crippen LogP contribution in [0.5, 0.6) is 0 Å². The number of benzene rings is 2. The summed E-state index contributed by atoms with van der Waals surface area (Å²) in [6, 6.07) is 7.50. The van der Waals surface area contributed by atoms with E-state index in [4.69, 9.17) is 0 Å².